The largest absolute Gasteiger partial charge is 0.491 e. The second kappa shape index (κ2) is 9.55. The molecule has 9 nitrogen and oxygen atoms in total. The Kier molecular flexibility index (Phi) is 6.86. The molecule has 1 saturated carbocycles. The highest BCUT2D eigenvalue weighted by molar-refractivity contribution is 5.99. The molecular weight excluding hydrogens is 390 g/mol. The van der Waals surface area contributed by atoms with Crippen molar-refractivity contribution in [2.24, 2.45) is 5.92 Å². The van der Waals surface area contributed by atoms with E-state index in [1.54, 1.807) is 24.3 Å². The lowest BCUT2D eigenvalue weighted by atomic mass is 10.1. The summed E-state index contributed by atoms with van der Waals surface area (Å²) in [6, 6.07) is 8.18. The Bertz CT molecular complexity index is 987. The van der Waals surface area contributed by atoms with Crippen molar-refractivity contribution in [3.8, 4) is 5.75 Å². The fourth-order valence-electron chi connectivity index (χ4n) is 3.15. The quantitative estimate of drug-likeness (QED) is 0.446. The number of carbonyl (C=O) groups excluding carboxylic acids is 2. The predicted molar refractivity (Wildman–Crippen MR) is 109 cm³/mol. The normalized spacial score (nSPS) is 17.3. The van der Waals surface area contributed by atoms with Gasteiger partial charge in [0.2, 0.25) is 0 Å². The van der Waals surface area contributed by atoms with Gasteiger partial charge in [-0.05, 0) is 30.2 Å². The van der Waals surface area contributed by atoms with E-state index in [0.29, 0.717) is 12.2 Å². The SMILES string of the molecule is CNC(=O)c1cc(C(=O)N[C@@H]2C[C@H]2CO)cn(Cc2cccc(OCCO)c2)c1=O. The Morgan fingerprint density at radius 3 is 2.70 bits per heavy atom. The maximum absolute atomic E-state index is 12.8. The molecule has 0 unspecified atom stereocenters. The van der Waals surface area contributed by atoms with Gasteiger partial charge in [-0.3, -0.25) is 14.4 Å². The number of nitrogens with zero attached hydrogens (tertiary/aromatic N) is 1. The summed E-state index contributed by atoms with van der Waals surface area (Å²) in [5, 5.41) is 23.3. The molecule has 1 aliphatic carbocycles. The third-order valence-electron chi connectivity index (χ3n) is 4.90. The molecule has 0 bridgehead atoms. The van der Waals surface area contributed by atoms with Gasteiger partial charge in [0.25, 0.3) is 17.4 Å². The van der Waals surface area contributed by atoms with Gasteiger partial charge in [0, 0.05) is 31.8 Å². The van der Waals surface area contributed by atoms with Gasteiger partial charge in [-0.15, -0.1) is 0 Å². The molecule has 1 aliphatic rings. The average molecular weight is 415 g/mol. The van der Waals surface area contributed by atoms with Crippen molar-refractivity contribution < 1.29 is 24.5 Å². The Balaban J connectivity index is 1.90. The number of benzene rings is 1. The molecule has 2 amide bonds. The molecule has 0 radical (unpaired) electrons. The summed E-state index contributed by atoms with van der Waals surface area (Å²) in [4.78, 5) is 37.6. The Labute approximate surface area is 173 Å². The minimum atomic E-state index is -0.580. The first kappa shape index (κ1) is 21.5. The van der Waals surface area contributed by atoms with Crippen molar-refractivity contribution in [3.63, 3.8) is 0 Å². The summed E-state index contributed by atoms with van der Waals surface area (Å²) in [6.45, 7) is 0.163. The van der Waals surface area contributed by atoms with Crippen molar-refractivity contribution in [2.75, 3.05) is 26.9 Å². The standard InChI is InChI=1S/C21H25N3O6/c1-22-20(28)17-8-14(19(27)23-18-9-15(18)12-26)11-24(21(17)29)10-13-3-2-4-16(7-13)30-6-5-25/h2-4,7-8,11,15,18,25-26H,5-6,9-10,12H2,1H3,(H,22,28)(H,23,27)/t15-,18+/m0/s1. The molecule has 1 heterocycles. The van der Waals surface area contributed by atoms with E-state index in [0.717, 1.165) is 5.56 Å². The van der Waals surface area contributed by atoms with Crippen LogP contribution in [0.5, 0.6) is 5.75 Å². The molecular formula is C21H25N3O6. The van der Waals surface area contributed by atoms with Crippen molar-refractivity contribution in [2.45, 2.75) is 19.0 Å². The predicted octanol–water partition coefficient (Wildman–Crippen LogP) is -0.262. The first-order chi connectivity index (χ1) is 14.5. The smallest absolute Gasteiger partial charge is 0.263 e. The molecule has 0 saturated heterocycles. The molecule has 2 aromatic rings. The van der Waals surface area contributed by atoms with Crippen LogP contribution in [0, 0.1) is 5.92 Å². The van der Waals surface area contributed by atoms with E-state index in [1.165, 1.54) is 23.9 Å². The topological polar surface area (TPSA) is 130 Å². The molecule has 1 aromatic carbocycles. The summed E-state index contributed by atoms with van der Waals surface area (Å²) in [5.74, 6) is -0.406. The van der Waals surface area contributed by atoms with Gasteiger partial charge in [-0.2, -0.15) is 0 Å². The van der Waals surface area contributed by atoms with Crippen LogP contribution in [0.2, 0.25) is 0 Å². The van der Waals surface area contributed by atoms with Crippen molar-refractivity contribution in [1.82, 2.24) is 15.2 Å². The number of amides is 2. The summed E-state index contributed by atoms with van der Waals surface area (Å²) in [7, 11) is 1.41. The summed E-state index contributed by atoms with van der Waals surface area (Å²) >= 11 is 0. The summed E-state index contributed by atoms with van der Waals surface area (Å²) < 4.78 is 6.70. The van der Waals surface area contributed by atoms with E-state index >= 15 is 0 Å². The second-order valence-corrected chi connectivity index (χ2v) is 7.13. The zero-order valence-corrected chi connectivity index (χ0v) is 16.6. The number of aromatic nitrogens is 1. The minimum Gasteiger partial charge on any atom is -0.491 e. The fourth-order valence-corrected chi connectivity index (χ4v) is 3.15. The minimum absolute atomic E-state index is 0.00261. The Morgan fingerprint density at radius 1 is 1.23 bits per heavy atom. The third kappa shape index (κ3) is 5.05. The monoisotopic (exact) mass is 415 g/mol. The number of hydrogen-bond donors (Lipinski definition) is 4. The highest BCUT2D eigenvalue weighted by Gasteiger charge is 2.37. The lowest BCUT2D eigenvalue weighted by molar-refractivity contribution is 0.0946. The van der Waals surface area contributed by atoms with Crippen LogP contribution in [0.4, 0.5) is 0 Å². The number of hydrogen-bond acceptors (Lipinski definition) is 6. The van der Waals surface area contributed by atoms with Crippen LogP contribution in [0.3, 0.4) is 0 Å². The van der Waals surface area contributed by atoms with Gasteiger partial charge in [0.05, 0.1) is 18.7 Å². The van der Waals surface area contributed by atoms with Gasteiger partial charge < -0.3 is 30.2 Å². The number of aliphatic hydroxyl groups is 2. The molecule has 4 N–H and O–H groups in total. The second-order valence-electron chi connectivity index (χ2n) is 7.13. The van der Waals surface area contributed by atoms with Gasteiger partial charge in [-0.1, -0.05) is 12.1 Å². The highest BCUT2D eigenvalue weighted by Crippen LogP contribution is 2.29. The van der Waals surface area contributed by atoms with Gasteiger partial charge in [0.1, 0.15) is 17.9 Å². The van der Waals surface area contributed by atoms with Crippen LogP contribution < -0.4 is 20.9 Å². The zero-order valence-electron chi connectivity index (χ0n) is 16.6. The van der Waals surface area contributed by atoms with E-state index in [9.17, 15) is 14.4 Å². The molecule has 30 heavy (non-hydrogen) atoms. The first-order valence-electron chi connectivity index (χ1n) is 9.67. The van der Waals surface area contributed by atoms with E-state index in [1.807, 2.05) is 0 Å². The number of ether oxygens (including phenoxy) is 1. The van der Waals surface area contributed by atoms with Crippen LogP contribution >= 0.6 is 0 Å². The molecule has 0 spiro atoms. The first-order valence-corrected chi connectivity index (χ1v) is 9.67. The Hall–Kier alpha value is -3.17. The number of aliphatic hydroxyl groups excluding tert-OH is 2. The molecule has 1 aromatic heterocycles. The van der Waals surface area contributed by atoms with Crippen LogP contribution in [-0.2, 0) is 6.54 Å². The summed E-state index contributed by atoms with van der Waals surface area (Å²) in [5.41, 5.74) is 0.263. The molecule has 1 fully saturated rings. The lowest BCUT2D eigenvalue weighted by Crippen LogP contribution is -2.34. The molecule has 3 rings (SSSR count). The number of carbonyl (C=O) groups is 2. The molecule has 2 atom stereocenters. The number of rotatable bonds is 9. The van der Waals surface area contributed by atoms with Crippen molar-refractivity contribution in [1.29, 1.82) is 0 Å². The number of pyridine rings is 1. The maximum Gasteiger partial charge on any atom is 0.263 e. The Morgan fingerprint density at radius 2 is 2.03 bits per heavy atom. The van der Waals surface area contributed by atoms with E-state index < -0.39 is 17.4 Å². The average Bonchev–Trinajstić information content (AvgIpc) is 3.51. The van der Waals surface area contributed by atoms with Crippen molar-refractivity contribution in [3.05, 3.63) is 63.6 Å². The van der Waals surface area contributed by atoms with Crippen molar-refractivity contribution >= 4 is 11.8 Å². The van der Waals surface area contributed by atoms with Crippen LogP contribution in [0.25, 0.3) is 0 Å². The van der Waals surface area contributed by atoms with Crippen LogP contribution in [-0.4, -0.2) is 59.5 Å². The van der Waals surface area contributed by atoms with E-state index in [4.69, 9.17) is 14.9 Å². The zero-order chi connectivity index (χ0) is 21.7. The lowest BCUT2D eigenvalue weighted by Gasteiger charge is -2.13. The molecule has 9 heteroatoms. The molecule has 0 aliphatic heterocycles. The van der Waals surface area contributed by atoms with Gasteiger partial charge in [-0.25, -0.2) is 0 Å². The fraction of sp³-hybridized carbons (Fsp3) is 0.381. The van der Waals surface area contributed by atoms with E-state index in [2.05, 4.69) is 10.6 Å². The van der Waals surface area contributed by atoms with Gasteiger partial charge in [0.15, 0.2) is 0 Å². The highest BCUT2D eigenvalue weighted by atomic mass is 16.5. The number of nitrogens with one attached hydrogen (secondary N) is 2. The van der Waals surface area contributed by atoms with Gasteiger partial charge >= 0.3 is 0 Å². The van der Waals surface area contributed by atoms with E-state index in [-0.39, 0.29) is 49.5 Å². The third-order valence-corrected chi connectivity index (χ3v) is 4.90. The molecule has 160 valence electrons. The van der Waals surface area contributed by atoms with Crippen LogP contribution in [0.1, 0.15) is 32.7 Å². The maximum atomic E-state index is 12.8. The summed E-state index contributed by atoms with van der Waals surface area (Å²) in [6.07, 6.45) is 2.12. The van der Waals surface area contributed by atoms with Crippen LogP contribution in [0.15, 0.2) is 41.3 Å².